The fourth-order valence-electron chi connectivity index (χ4n) is 2.59. The van der Waals surface area contributed by atoms with Gasteiger partial charge >= 0.3 is 0 Å². The number of fused-ring (bicyclic) bond motifs is 1. The van der Waals surface area contributed by atoms with Crippen LogP contribution in [0.25, 0.3) is 10.8 Å². The van der Waals surface area contributed by atoms with Gasteiger partial charge in [0.05, 0.1) is 0 Å². The minimum absolute atomic E-state index is 0.0805. The number of nitrogens with zero attached hydrogens (tertiary/aromatic N) is 1. The van der Waals surface area contributed by atoms with Crippen LogP contribution in [0, 0.1) is 0 Å². The fraction of sp³-hybridized carbons (Fsp3) is 0.400. The average molecular weight is 257 g/mol. The van der Waals surface area contributed by atoms with Crippen LogP contribution in [0.2, 0.25) is 0 Å². The average Bonchev–Trinajstić information content (AvgIpc) is 2.43. The smallest absolute Gasteiger partial charge is 0.0488 e. The van der Waals surface area contributed by atoms with E-state index in [1.54, 1.807) is 6.20 Å². The third-order valence-corrected chi connectivity index (χ3v) is 3.88. The summed E-state index contributed by atoms with van der Waals surface area (Å²) < 4.78 is 5.44. The Hall–Kier alpha value is -1.81. The molecule has 1 aromatic carbocycles. The maximum absolute atomic E-state index is 6.02. The Balaban J connectivity index is 1.99. The van der Waals surface area contributed by atoms with Crippen molar-refractivity contribution in [3.8, 4) is 0 Å². The van der Waals surface area contributed by atoms with Gasteiger partial charge in [-0.15, -0.1) is 0 Å². The quantitative estimate of drug-likeness (QED) is 0.812. The van der Waals surface area contributed by atoms with Crippen molar-refractivity contribution < 1.29 is 4.74 Å². The molecule has 1 aliphatic rings. The number of hydrogen-bond acceptors (Lipinski definition) is 4. The second kappa shape index (κ2) is 4.70. The normalized spacial score (nSPS) is 18.4. The van der Waals surface area contributed by atoms with Crippen LogP contribution in [-0.4, -0.2) is 23.7 Å². The van der Waals surface area contributed by atoms with Crippen LogP contribution in [0.4, 0.5) is 11.4 Å². The third kappa shape index (κ3) is 2.36. The molecule has 3 rings (SSSR count). The maximum Gasteiger partial charge on any atom is 0.0488 e. The van der Waals surface area contributed by atoms with Crippen LogP contribution in [0.15, 0.2) is 30.6 Å². The van der Waals surface area contributed by atoms with Gasteiger partial charge in [0.15, 0.2) is 0 Å². The Kier molecular flexibility index (Phi) is 3.03. The van der Waals surface area contributed by atoms with Crippen molar-refractivity contribution in [1.82, 2.24) is 4.98 Å². The zero-order valence-electron chi connectivity index (χ0n) is 11.1. The number of nitrogens with one attached hydrogen (secondary N) is 1. The van der Waals surface area contributed by atoms with Gasteiger partial charge < -0.3 is 15.8 Å². The number of nitrogen functional groups attached to an aromatic ring is 1. The van der Waals surface area contributed by atoms with Crippen molar-refractivity contribution in [2.75, 3.05) is 24.3 Å². The molecule has 0 unspecified atom stereocenters. The van der Waals surface area contributed by atoms with E-state index in [4.69, 9.17) is 10.5 Å². The predicted molar refractivity (Wildman–Crippen MR) is 78.2 cm³/mol. The lowest BCUT2D eigenvalue weighted by atomic mass is 9.91. The highest BCUT2D eigenvalue weighted by molar-refractivity contribution is 6.00. The summed E-state index contributed by atoms with van der Waals surface area (Å²) in [5, 5.41) is 5.78. The molecule has 2 heterocycles. The Morgan fingerprint density at radius 2 is 2.00 bits per heavy atom. The Bertz CT molecular complexity index is 591. The van der Waals surface area contributed by atoms with E-state index in [2.05, 4.69) is 17.2 Å². The zero-order chi connectivity index (χ0) is 13.3. The second-order valence-electron chi connectivity index (χ2n) is 5.42. The number of hydrogen-bond donors (Lipinski definition) is 2. The Morgan fingerprint density at radius 3 is 2.79 bits per heavy atom. The number of nitrogens with two attached hydrogens (primary N) is 1. The summed E-state index contributed by atoms with van der Waals surface area (Å²) in [6.07, 6.45) is 5.67. The third-order valence-electron chi connectivity index (χ3n) is 3.88. The molecule has 100 valence electrons. The van der Waals surface area contributed by atoms with Crippen molar-refractivity contribution in [1.29, 1.82) is 0 Å². The molecule has 1 aromatic heterocycles. The summed E-state index contributed by atoms with van der Waals surface area (Å²) in [4.78, 5) is 4.21. The summed E-state index contributed by atoms with van der Waals surface area (Å²) >= 11 is 0. The first-order chi connectivity index (χ1) is 9.18. The summed E-state index contributed by atoms with van der Waals surface area (Å²) in [6, 6.07) is 5.95. The maximum atomic E-state index is 6.02. The van der Waals surface area contributed by atoms with Gasteiger partial charge in [-0.25, -0.2) is 0 Å². The largest absolute Gasteiger partial charge is 0.398 e. The van der Waals surface area contributed by atoms with E-state index in [1.165, 1.54) is 0 Å². The lowest BCUT2D eigenvalue weighted by Gasteiger charge is -2.35. The SMILES string of the molecule is CC1(Nc2ccc(N)c3ccncc23)CCOCC1. The monoisotopic (exact) mass is 257 g/mol. The van der Waals surface area contributed by atoms with Gasteiger partial charge in [-0.05, 0) is 38.0 Å². The van der Waals surface area contributed by atoms with Crippen LogP contribution in [0.5, 0.6) is 0 Å². The molecule has 2 aromatic rings. The lowest BCUT2D eigenvalue weighted by Crippen LogP contribution is -2.40. The number of ether oxygens (including phenoxy) is 1. The number of pyridine rings is 1. The molecule has 4 heteroatoms. The molecule has 0 spiro atoms. The molecule has 0 amide bonds. The number of aromatic nitrogens is 1. The van der Waals surface area contributed by atoms with E-state index >= 15 is 0 Å². The minimum atomic E-state index is 0.0805. The number of benzene rings is 1. The van der Waals surface area contributed by atoms with Crippen molar-refractivity contribution in [3.63, 3.8) is 0 Å². The van der Waals surface area contributed by atoms with Gasteiger partial charge in [-0.2, -0.15) is 0 Å². The molecule has 0 aliphatic carbocycles. The van der Waals surface area contributed by atoms with E-state index in [1.807, 2.05) is 24.4 Å². The molecule has 4 nitrogen and oxygen atoms in total. The minimum Gasteiger partial charge on any atom is -0.398 e. The summed E-state index contributed by atoms with van der Waals surface area (Å²) in [5.41, 5.74) is 7.99. The van der Waals surface area contributed by atoms with Crippen LogP contribution in [0.1, 0.15) is 19.8 Å². The van der Waals surface area contributed by atoms with E-state index in [-0.39, 0.29) is 5.54 Å². The van der Waals surface area contributed by atoms with Crippen molar-refractivity contribution in [3.05, 3.63) is 30.6 Å². The molecular weight excluding hydrogens is 238 g/mol. The predicted octanol–water partition coefficient (Wildman–Crippen LogP) is 2.80. The van der Waals surface area contributed by atoms with Crippen LogP contribution in [0.3, 0.4) is 0 Å². The van der Waals surface area contributed by atoms with Crippen molar-refractivity contribution >= 4 is 22.1 Å². The van der Waals surface area contributed by atoms with Crippen LogP contribution in [-0.2, 0) is 4.74 Å². The fourth-order valence-corrected chi connectivity index (χ4v) is 2.59. The lowest BCUT2D eigenvalue weighted by molar-refractivity contribution is 0.0658. The molecule has 1 aliphatic heterocycles. The van der Waals surface area contributed by atoms with Crippen molar-refractivity contribution in [2.24, 2.45) is 0 Å². The highest BCUT2D eigenvalue weighted by atomic mass is 16.5. The van der Waals surface area contributed by atoms with Crippen LogP contribution >= 0.6 is 0 Å². The topological polar surface area (TPSA) is 60.2 Å². The Labute approximate surface area is 113 Å². The summed E-state index contributed by atoms with van der Waals surface area (Å²) in [5.74, 6) is 0. The molecular formula is C15H19N3O. The first-order valence-electron chi connectivity index (χ1n) is 6.66. The van der Waals surface area contributed by atoms with E-state index in [0.29, 0.717) is 0 Å². The molecule has 0 radical (unpaired) electrons. The van der Waals surface area contributed by atoms with Gasteiger partial charge in [-0.3, -0.25) is 4.98 Å². The summed E-state index contributed by atoms with van der Waals surface area (Å²) in [6.45, 7) is 3.87. The van der Waals surface area contributed by atoms with Gasteiger partial charge in [-0.1, -0.05) is 0 Å². The summed E-state index contributed by atoms with van der Waals surface area (Å²) in [7, 11) is 0. The molecule has 0 atom stereocenters. The van der Waals surface area contributed by atoms with Gasteiger partial charge in [0, 0.05) is 53.3 Å². The molecule has 19 heavy (non-hydrogen) atoms. The Morgan fingerprint density at radius 1 is 1.21 bits per heavy atom. The first kappa shape index (κ1) is 12.2. The molecule has 0 saturated carbocycles. The van der Waals surface area contributed by atoms with Gasteiger partial charge in [0.2, 0.25) is 0 Å². The first-order valence-corrected chi connectivity index (χ1v) is 6.66. The van der Waals surface area contributed by atoms with E-state index in [0.717, 1.165) is 48.2 Å². The number of rotatable bonds is 2. The highest BCUT2D eigenvalue weighted by Gasteiger charge is 2.27. The van der Waals surface area contributed by atoms with E-state index < -0.39 is 0 Å². The molecule has 1 saturated heterocycles. The molecule has 1 fully saturated rings. The zero-order valence-corrected chi connectivity index (χ0v) is 11.1. The van der Waals surface area contributed by atoms with Crippen molar-refractivity contribution in [2.45, 2.75) is 25.3 Å². The van der Waals surface area contributed by atoms with Gasteiger partial charge in [0.25, 0.3) is 0 Å². The highest BCUT2D eigenvalue weighted by Crippen LogP contribution is 2.32. The van der Waals surface area contributed by atoms with Gasteiger partial charge in [0.1, 0.15) is 0 Å². The van der Waals surface area contributed by atoms with E-state index in [9.17, 15) is 0 Å². The molecule has 0 bridgehead atoms. The second-order valence-corrected chi connectivity index (χ2v) is 5.42. The number of anilines is 2. The molecule has 3 N–H and O–H groups in total. The van der Waals surface area contributed by atoms with Crippen LogP contribution < -0.4 is 11.1 Å². The standard InChI is InChI=1S/C15H19N3O/c1-15(5-8-19-9-6-15)18-14-3-2-13(16)11-4-7-17-10-12(11)14/h2-4,7,10,18H,5-6,8-9,16H2,1H3.